The standard InChI is InChI=1S/C25H22ClF3N6O3/c1-13-8-9-16(10-17(13)25(27,28)29)34-23(36)19-11-18(35-38-19)14(2)32-24(37)21-20(26)22(31-12-30-21)33-15-6-4-3-5-7-15/h3-12,14,23,34,36H,1-2H3,(H,32,37)(H,30,31,33)/t14-,23?/m0/s1. The third-order valence-corrected chi connectivity index (χ3v) is 5.85. The highest BCUT2D eigenvalue weighted by Crippen LogP contribution is 2.34. The molecule has 9 nitrogen and oxygen atoms in total. The van der Waals surface area contributed by atoms with Crippen LogP contribution < -0.4 is 16.0 Å². The number of aliphatic hydroxyl groups excluding tert-OH is 1. The molecule has 2 aromatic heterocycles. The Kier molecular flexibility index (Phi) is 7.83. The van der Waals surface area contributed by atoms with Gasteiger partial charge in [0, 0.05) is 17.4 Å². The first kappa shape index (κ1) is 26.9. The molecule has 4 aromatic rings. The smallest absolute Gasteiger partial charge is 0.367 e. The molecule has 2 aromatic carbocycles. The van der Waals surface area contributed by atoms with Gasteiger partial charge in [-0.25, -0.2) is 9.97 Å². The van der Waals surface area contributed by atoms with Crippen molar-refractivity contribution in [1.29, 1.82) is 0 Å². The van der Waals surface area contributed by atoms with Gasteiger partial charge in [0.25, 0.3) is 5.91 Å². The summed E-state index contributed by atoms with van der Waals surface area (Å²) in [6.07, 6.45) is -4.83. The monoisotopic (exact) mass is 546 g/mol. The van der Waals surface area contributed by atoms with Crippen LogP contribution in [-0.4, -0.2) is 26.1 Å². The molecule has 0 aliphatic heterocycles. The van der Waals surface area contributed by atoms with Crippen molar-refractivity contribution in [3.8, 4) is 0 Å². The first-order valence-corrected chi connectivity index (χ1v) is 11.6. The van der Waals surface area contributed by atoms with E-state index in [-0.39, 0.29) is 39.2 Å². The van der Waals surface area contributed by atoms with Gasteiger partial charge in [-0.2, -0.15) is 13.2 Å². The Labute approximate surface area is 220 Å². The number of hydrogen-bond donors (Lipinski definition) is 4. The maximum Gasteiger partial charge on any atom is 0.416 e. The third kappa shape index (κ3) is 6.21. The molecule has 0 aliphatic rings. The minimum Gasteiger partial charge on any atom is -0.367 e. The van der Waals surface area contributed by atoms with Gasteiger partial charge in [0.1, 0.15) is 17.0 Å². The molecule has 0 aliphatic carbocycles. The van der Waals surface area contributed by atoms with E-state index in [1.165, 1.54) is 31.5 Å². The molecule has 0 saturated heterocycles. The highest BCUT2D eigenvalue weighted by molar-refractivity contribution is 6.35. The number of rotatable bonds is 8. The molecule has 0 fully saturated rings. The number of carbonyl (C=O) groups excluding carboxylic acids is 1. The van der Waals surface area contributed by atoms with Crippen LogP contribution in [0, 0.1) is 6.92 Å². The summed E-state index contributed by atoms with van der Waals surface area (Å²) in [4.78, 5) is 20.9. The molecule has 0 saturated carbocycles. The van der Waals surface area contributed by atoms with E-state index in [2.05, 4.69) is 31.1 Å². The van der Waals surface area contributed by atoms with E-state index < -0.39 is 29.9 Å². The SMILES string of the molecule is Cc1ccc(NC(O)c2cc([C@H](C)NC(=O)c3ncnc(Nc4ccccc4)c3Cl)no2)cc1C(F)(F)F. The molecular weight excluding hydrogens is 525 g/mol. The summed E-state index contributed by atoms with van der Waals surface area (Å²) in [5.41, 5.74) is 0.160. The number of nitrogens with one attached hydrogen (secondary N) is 3. The average molecular weight is 547 g/mol. The molecule has 1 unspecified atom stereocenters. The van der Waals surface area contributed by atoms with E-state index in [1.54, 1.807) is 19.1 Å². The summed E-state index contributed by atoms with van der Waals surface area (Å²) in [6, 6.07) is 13.4. The molecular formula is C25H22ClF3N6O3. The first-order valence-electron chi connectivity index (χ1n) is 11.3. The largest absolute Gasteiger partial charge is 0.416 e. The Hall–Kier alpha value is -4.16. The van der Waals surface area contributed by atoms with Crippen LogP contribution in [0.3, 0.4) is 0 Å². The quantitative estimate of drug-likeness (QED) is 0.205. The van der Waals surface area contributed by atoms with Crippen LogP contribution in [0.2, 0.25) is 5.02 Å². The highest BCUT2D eigenvalue weighted by atomic mass is 35.5. The van der Waals surface area contributed by atoms with E-state index >= 15 is 0 Å². The number of aromatic nitrogens is 3. The van der Waals surface area contributed by atoms with Crippen molar-refractivity contribution in [2.75, 3.05) is 10.6 Å². The normalized spacial score (nSPS) is 13.0. The Morgan fingerprint density at radius 2 is 1.82 bits per heavy atom. The van der Waals surface area contributed by atoms with Crippen molar-refractivity contribution < 1.29 is 27.6 Å². The lowest BCUT2D eigenvalue weighted by Gasteiger charge is -2.15. The number of alkyl halides is 3. The first-order chi connectivity index (χ1) is 18.0. The van der Waals surface area contributed by atoms with Gasteiger partial charge in [-0.1, -0.05) is 41.0 Å². The van der Waals surface area contributed by atoms with Crippen molar-refractivity contribution in [3.63, 3.8) is 0 Å². The van der Waals surface area contributed by atoms with Crippen LogP contribution in [0.1, 0.15) is 52.3 Å². The van der Waals surface area contributed by atoms with E-state index in [1.807, 2.05) is 18.2 Å². The molecule has 0 bridgehead atoms. The summed E-state index contributed by atoms with van der Waals surface area (Å²) in [5.74, 6) is -0.429. The Morgan fingerprint density at radius 3 is 2.53 bits per heavy atom. The fraction of sp³-hybridized carbons (Fsp3) is 0.200. The van der Waals surface area contributed by atoms with Crippen LogP contribution >= 0.6 is 11.6 Å². The molecule has 1 amide bonds. The fourth-order valence-electron chi connectivity index (χ4n) is 3.50. The van der Waals surface area contributed by atoms with Crippen LogP contribution in [0.5, 0.6) is 0 Å². The Balaban J connectivity index is 1.42. The molecule has 2 atom stereocenters. The van der Waals surface area contributed by atoms with Crippen LogP contribution in [0.25, 0.3) is 0 Å². The van der Waals surface area contributed by atoms with E-state index in [4.69, 9.17) is 16.1 Å². The van der Waals surface area contributed by atoms with E-state index in [9.17, 15) is 23.1 Å². The molecule has 2 heterocycles. The predicted molar refractivity (Wildman–Crippen MR) is 134 cm³/mol. The van der Waals surface area contributed by atoms with Gasteiger partial charge in [-0.3, -0.25) is 4.79 Å². The number of anilines is 3. The van der Waals surface area contributed by atoms with Crippen LogP contribution in [-0.2, 0) is 6.18 Å². The lowest BCUT2D eigenvalue weighted by Crippen LogP contribution is -2.28. The Bertz CT molecular complexity index is 1430. The van der Waals surface area contributed by atoms with Gasteiger partial charge in [-0.05, 0) is 43.7 Å². The summed E-state index contributed by atoms with van der Waals surface area (Å²) >= 11 is 6.36. The van der Waals surface area contributed by atoms with Crippen molar-refractivity contribution in [2.45, 2.75) is 32.3 Å². The number of nitrogens with zero attached hydrogens (tertiary/aromatic N) is 3. The number of halogens is 4. The number of carbonyl (C=O) groups is 1. The van der Waals surface area contributed by atoms with Gasteiger partial charge in [0.2, 0.25) is 0 Å². The van der Waals surface area contributed by atoms with E-state index in [0.29, 0.717) is 0 Å². The summed E-state index contributed by atoms with van der Waals surface area (Å²) in [7, 11) is 0. The van der Waals surface area contributed by atoms with Gasteiger partial charge in [0.15, 0.2) is 23.5 Å². The molecule has 0 radical (unpaired) electrons. The minimum atomic E-state index is -4.54. The number of aryl methyl sites for hydroxylation is 1. The second kappa shape index (κ2) is 11.1. The molecule has 4 N–H and O–H groups in total. The molecule has 0 spiro atoms. The van der Waals surface area contributed by atoms with Crippen LogP contribution in [0.15, 0.2) is 65.4 Å². The van der Waals surface area contributed by atoms with Gasteiger partial charge in [0.05, 0.1) is 11.6 Å². The Morgan fingerprint density at radius 1 is 1.08 bits per heavy atom. The van der Waals surface area contributed by atoms with E-state index in [0.717, 1.165) is 11.8 Å². The number of aliphatic hydroxyl groups is 1. The van der Waals surface area contributed by atoms with Crippen molar-refractivity contribution in [2.24, 2.45) is 0 Å². The van der Waals surface area contributed by atoms with Crippen molar-refractivity contribution >= 4 is 34.7 Å². The number of hydrogen-bond acceptors (Lipinski definition) is 8. The molecule has 38 heavy (non-hydrogen) atoms. The topological polar surface area (TPSA) is 125 Å². The summed E-state index contributed by atoms with van der Waals surface area (Å²) in [5, 5.41) is 22.5. The third-order valence-electron chi connectivity index (χ3n) is 5.49. The second-order valence-electron chi connectivity index (χ2n) is 8.30. The molecule has 13 heteroatoms. The summed E-state index contributed by atoms with van der Waals surface area (Å²) < 4.78 is 44.7. The number of amides is 1. The molecule has 4 rings (SSSR count). The fourth-order valence-corrected chi connectivity index (χ4v) is 3.73. The molecule has 198 valence electrons. The van der Waals surface area contributed by atoms with Gasteiger partial charge >= 0.3 is 6.18 Å². The zero-order valence-electron chi connectivity index (χ0n) is 20.0. The summed E-state index contributed by atoms with van der Waals surface area (Å²) in [6.45, 7) is 2.96. The number of para-hydroxylation sites is 1. The maximum atomic E-state index is 13.2. The average Bonchev–Trinajstić information content (AvgIpc) is 3.37. The van der Waals surface area contributed by atoms with Gasteiger partial charge < -0.3 is 25.6 Å². The minimum absolute atomic E-state index is 0.0119. The zero-order chi connectivity index (χ0) is 27.4. The highest BCUT2D eigenvalue weighted by Gasteiger charge is 2.32. The lowest BCUT2D eigenvalue weighted by molar-refractivity contribution is -0.138. The maximum absolute atomic E-state index is 13.2. The predicted octanol–water partition coefficient (Wildman–Crippen LogP) is 5.78. The second-order valence-corrected chi connectivity index (χ2v) is 8.68. The van der Waals surface area contributed by atoms with Crippen LogP contribution in [0.4, 0.5) is 30.4 Å². The zero-order valence-corrected chi connectivity index (χ0v) is 20.8. The lowest BCUT2D eigenvalue weighted by atomic mass is 10.1. The van der Waals surface area contributed by atoms with Gasteiger partial charge in [-0.15, -0.1) is 0 Å². The van der Waals surface area contributed by atoms with Crippen molar-refractivity contribution in [3.05, 3.63) is 94.2 Å². The number of benzene rings is 2. The van der Waals surface area contributed by atoms with Crippen molar-refractivity contribution in [1.82, 2.24) is 20.4 Å².